The minimum absolute atomic E-state index is 0.0583. The van der Waals surface area contributed by atoms with Gasteiger partial charge in [0.1, 0.15) is 5.82 Å². The van der Waals surface area contributed by atoms with Gasteiger partial charge in [-0.3, -0.25) is 0 Å². The molecule has 0 aliphatic carbocycles. The van der Waals surface area contributed by atoms with Crippen molar-refractivity contribution in [2.24, 2.45) is 0 Å². The molecule has 0 saturated carbocycles. The lowest BCUT2D eigenvalue weighted by Crippen LogP contribution is -2.31. The van der Waals surface area contributed by atoms with E-state index in [1.807, 2.05) is 0 Å². The number of sulfonamides is 1. The molecular weight excluding hydrogens is 269 g/mol. The number of aliphatic hydroxyl groups is 1. The third-order valence-electron chi connectivity index (χ3n) is 1.94. The Morgan fingerprint density at radius 2 is 2.18 bits per heavy atom. The van der Waals surface area contributed by atoms with Gasteiger partial charge in [0.15, 0.2) is 0 Å². The van der Waals surface area contributed by atoms with Crippen molar-refractivity contribution in [1.82, 2.24) is 4.72 Å². The van der Waals surface area contributed by atoms with Crippen LogP contribution in [0.5, 0.6) is 0 Å². The molecule has 4 nitrogen and oxygen atoms in total. The van der Waals surface area contributed by atoms with Crippen molar-refractivity contribution in [1.29, 1.82) is 0 Å². The Balaban J connectivity index is 2.73. The van der Waals surface area contributed by atoms with Crippen LogP contribution in [0.1, 0.15) is 12.5 Å². The van der Waals surface area contributed by atoms with Crippen LogP contribution >= 0.6 is 11.6 Å². The summed E-state index contributed by atoms with van der Waals surface area (Å²) in [6.07, 6.45) is -0.762. The predicted octanol–water partition coefficient (Wildman–Crippen LogP) is 1.28. The number of hydrogen-bond acceptors (Lipinski definition) is 3. The Hall–Kier alpha value is -0.690. The molecule has 0 aliphatic heterocycles. The molecular formula is C10H13ClFNO3S. The predicted molar refractivity (Wildman–Crippen MR) is 63.7 cm³/mol. The van der Waals surface area contributed by atoms with E-state index in [0.29, 0.717) is 5.56 Å². The van der Waals surface area contributed by atoms with E-state index >= 15 is 0 Å². The van der Waals surface area contributed by atoms with Crippen LogP contribution in [0, 0.1) is 5.82 Å². The number of aliphatic hydroxyl groups excluding tert-OH is 1. The highest BCUT2D eigenvalue weighted by Crippen LogP contribution is 2.17. The van der Waals surface area contributed by atoms with Crippen molar-refractivity contribution in [2.75, 3.05) is 6.54 Å². The van der Waals surface area contributed by atoms with E-state index in [4.69, 9.17) is 16.7 Å². The normalized spacial score (nSPS) is 13.6. The molecule has 0 spiro atoms. The van der Waals surface area contributed by atoms with Crippen LogP contribution in [-0.4, -0.2) is 26.2 Å². The van der Waals surface area contributed by atoms with Gasteiger partial charge in [-0.1, -0.05) is 17.7 Å². The Morgan fingerprint density at radius 1 is 1.53 bits per heavy atom. The minimum Gasteiger partial charge on any atom is -0.392 e. The fourth-order valence-electron chi connectivity index (χ4n) is 1.15. The molecule has 2 N–H and O–H groups in total. The molecule has 0 fully saturated rings. The third kappa shape index (κ3) is 4.99. The van der Waals surface area contributed by atoms with E-state index < -0.39 is 21.9 Å². The number of rotatable bonds is 5. The van der Waals surface area contributed by atoms with Crippen LogP contribution in [0.4, 0.5) is 4.39 Å². The molecule has 1 unspecified atom stereocenters. The zero-order valence-electron chi connectivity index (χ0n) is 9.15. The summed E-state index contributed by atoms with van der Waals surface area (Å²) in [5.74, 6) is -0.899. The lowest BCUT2D eigenvalue weighted by molar-refractivity contribution is 0.198. The van der Waals surface area contributed by atoms with Crippen molar-refractivity contribution in [3.05, 3.63) is 34.6 Å². The SMILES string of the molecule is CC(O)CNS(=O)(=O)Cc1ccc(F)c(Cl)c1. The van der Waals surface area contributed by atoms with Crippen molar-refractivity contribution < 1.29 is 17.9 Å². The van der Waals surface area contributed by atoms with Gasteiger partial charge in [0.2, 0.25) is 10.0 Å². The molecule has 0 aromatic heterocycles. The number of hydrogen-bond donors (Lipinski definition) is 2. The number of benzene rings is 1. The molecule has 1 aromatic rings. The molecule has 7 heteroatoms. The quantitative estimate of drug-likeness (QED) is 0.854. The van der Waals surface area contributed by atoms with E-state index in [2.05, 4.69) is 4.72 Å². The first-order chi connectivity index (χ1) is 7.80. The van der Waals surface area contributed by atoms with Crippen molar-refractivity contribution in [3.63, 3.8) is 0 Å². The van der Waals surface area contributed by atoms with Gasteiger partial charge in [0, 0.05) is 6.54 Å². The van der Waals surface area contributed by atoms with Crippen LogP contribution in [0.2, 0.25) is 5.02 Å². The smallest absolute Gasteiger partial charge is 0.215 e. The molecule has 96 valence electrons. The lowest BCUT2D eigenvalue weighted by atomic mass is 10.2. The molecule has 0 heterocycles. The highest BCUT2D eigenvalue weighted by atomic mass is 35.5. The first-order valence-electron chi connectivity index (χ1n) is 4.89. The van der Waals surface area contributed by atoms with E-state index in [0.717, 1.165) is 6.07 Å². The highest BCUT2D eigenvalue weighted by molar-refractivity contribution is 7.88. The first kappa shape index (κ1) is 14.4. The monoisotopic (exact) mass is 281 g/mol. The zero-order valence-corrected chi connectivity index (χ0v) is 10.7. The third-order valence-corrected chi connectivity index (χ3v) is 3.55. The van der Waals surface area contributed by atoms with Gasteiger partial charge in [-0.05, 0) is 24.6 Å². The van der Waals surface area contributed by atoms with Gasteiger partial charge >= 0.3 is 0 Å². The molecule has 0 aliphatic rings. The summed E-state index contributed by atoms with van der Waals surface area (Å²) >= 11 is 5.54. The average Bonchev–Trinajstić information content (AvgIpc) is 2.21. The van der Waals surface area contributed by atoms with E-state index in [-0.39, 0.29) is 17.3 Å². The second-order valence-corrected chi connectivity index (χ2v) is 5.92. The standard InChI is InChI=1S/C10H13ClFNO3S/c1-7(14)5-13-17(15,16)6-8-2-3-10(12)9(11)4-8/h2-4,7,13-14H,5-6H2,1H3. The molecule has 0 saturated heterocycles. The second kappa shape index (κ2) is 5.77. The van der Waals surface area contributed by atoms with Crippen molar-refractivity contribution in [3.8, 4) is 0 Å². The summed E-state index contributed by atoms with van der Waals surface area (Å²) in [4.78, 5) is 0. The van der Waals surface area contributed by atoms with Crippen LogP contribution in [0.3, 0.4) is 0 Å². The topological polar surface area (TPSA) is 66.4 Å². The largest absolute Gasteiger partial charge is 0.392 e. The summed E-state index contributed by atoms with van der Waals surface area (Å²) in [6, 6.07) is 3.73. The summed E-state index contributed by atoms with van der Waals surface area (Å²) in [6.45, 7) is 1.41. The van der Waals surface area contributed by atoms with E-state index in [1.54, 1.807) is 0 Å². The van der Waals surface area contributed by atoms with Gasteiger partial charge in [-0.2, -0.15) is 0 Å². The van der Waals surface area contributed by atoms with Gasteiger partial charge in [-0.15, -0.1) is 0 Å². The molecule has 0 radical (unpaired) electrons. The van der Waals surface area contributed by atoms with Crippen LogP contribution in [0.25, 0.3) is 0 Å². The van der Waals surface area contributed by atoms with Gasteiger partial charge in [0.25, 0.3) is 0 Å². The fourth-order valence-corrected chi connectivity index (χ4v) is 2.57. The van der Waals surface area contributed by atoms with Crippen LogP contribution in [0.15, 0.2) is 18.2 Å². The van der Waals surface area contributed by atoms with Crippen molar-refractivity contribution in [2.45, 2.75) is 18.8 Å². The van der Waals surface area contributed by atoms with Gasteiger partial charge in [-0.25, -0.2) is 17.5 Å². The zero-order chi connectivity index (χ0) is 13.1. The molecule has 1 aromatic carbocycles. The molecule has 0 bridgehead atoms. The number of nitrogens with one attached hydrogen (secondary N) is 1. The first-order valence-corrected chi connectivity index (χ1v) is 6.92. The van der Waals surface area contributed by atoms with E-state index in [9.17, 15) is 12.8 Å². The van der Waals surface area contributed by atoms with Crippen LogP contribution < -0.4 is 4.72 Å². The van der Waals surface area contributed by atoms with E-state index in [1.165, 1.54) is 19.1 Å². The Kier molecular flexibility index (Phi) is 4.88. The Labute approximate surface area is 104 Å². The average molecular weight is 282 g/mol. The van der Waals surface area contributed by atoms with Crippen molar-refractivity contribution >= 4 is 21.6 Å². The molecule has 1 rings (SSSR count). The summed E-state index contributed by atoms with van der Waals surface area (Å²) in [5, 5.41) is 8.85. The maximum absolute atomic E-state index is 12.9. The molecule has 1 atom stereocenters. The Morgan fingerprint density at radius 3 is 2.71 bits per heavy atom. The van der Waals surface area contributed by atoms with Crippen LogP contribution in [-0.2, 0) is 15.8 Å². The summed E-state index contributed by atoms with van der Waals surface area (Å²) in [7, 11) is -3.55. The molecule has 17 heavy (non-hydrogen) atoms. The lowest BCUT2D eigenvalue weighted by Gasteiger charge is -2.08. The number of halogens is 2. The molecule has 0 amide bonds. The summed E-state index contributed by atoms with van der Waals surface area (Å²) < 4.78 is 38.2. The Bertz CT molecular complexity index is 490. The van der Waals surface area contributed by atoms with Gasteiger partial charge in [0.05, 0.1) is 16.9 Å². The highest BCUT2D eigenvalue weighted by Gasteiger charge is 2.13. The van der Waals surface area contributed by atoms with Gasteiger partial charge < -0.3 is 5.11 Å². The maximum atomic E-state index is 12.9. The maximum Gasteiger partial charge on any atom is 0.215 e. The second-order valence-electron chi connectivity index (χ2n) is 3.71. The minimum atomic E-state index is -3.55. The fraction of sp³-hybridized carbons (Fsp3) is 0.400. The summed E-state index contributed by atoms with van der Waals surface area (Å²) in [5.41, 5.74) is 0.384.